The molecule has 2 unspecified atom stereocenters. The molecule has 1 fully saturated rings. The average molecular weight is 326 g/mol. The van der Waals surface area contributed by atoms with Crippen LogP contribution in [0.15, 0.2) is 48.5 Å². The topological polar surface area (TPSA) is 64.4 Å². The lowest BCUT2D eigenvalue weighted by atomic mass is 9.89. The third kappa shape index (κ3) is 3.74. The first-order chi connectivity index (χ1) is 11.6. The number of hydrogen-bond donors (Lipinski definition) is 1. The zero-order valence-corrected chi connectivity index (χ0v) is 13.8. The smallest absolute Gasteiger partial charge is 0.272 e. The summed E-state index contributed by atoms with van der Waals surface area (Å²) in [6.45, 7) is 3.35. The van der Waals surface area contributed by atoms with Crippen LogP contribution in [0, 0.1) is 23.0 Å². The summed E-state index contributed by atoms with van der Waals surface area (Å²) in [5.41, 5.74) is 2.95. The van der Waals surface area contributed by atoms with Gasteiger partial charge >= 0.3 is 0 Å². The normalized spacial score (nSPS) is 20.5. The van der Waals surface area contributed by atoms with Gasteiger partial charge in [0, 0.05) is 36.4 Å². The lowest BCUT2D eigenvalue weighted by Crippen LogP contribution is -2.28. The molecular weight excluding hydrogens is 304 g/mol. The van der Waals surface area contributed by atoms with Gasteiger partial charge in [0.1, 0.15) is 0 Å². The molecule has 0 aliphatic carbocycles. The fourth-order valence-electron chi connectivity index (χ4n) is 3.28. The van der Waals surface area contributed by atoms with Gasteiger partial charge in [0.25, 0.3) is 5.69 Å². The molecule has 1 saturated heterocycles. The molecular formula is C19H22N2O3. The number of benzene rings is 2. The van der Waals surface area contributed by atoms with Crippen LogP contribution in [0.1, 0.15) is 30.1 Å². The molecule has 126 valence electrons. The van der Waals surface area contributed by atoms with Gasteiger partial charge in [-0.2, -0.15) is 0 Å². The summed E-state index contributed by atoms with van der Waals surface area (Å²) in [4.78, 5) is 10.6. The number of nitro groups is 1. The molecule has 2 aromatic rings. The summed E-state index contributed by atoms with van der Waals surface area (Å²) < 4.78 is 6.01. The molecule has 2 aromatic carbocycles. The first kappa shape index (κ1) is 16.5. The average Bonchev–Trinajstić information content (AvgIpc) is 2.61. The lowest BCUT2D eigenvalue weighted by Gasteiger charge is -2.32. The van der Waals surface area contributed by atoms with Crippen LogP contribution in [-0.2, 0) is 4.74 Å². The predicted octanol–water partition coefficient (Wildman–Crippen LogP) is 4.48. The van der Waals surface area contributed by atoms with Gasteiger partial charge in [-0.1, -0.05) is 30.3 Å². The van der Waals surface area contributed by atoms with Crippen molar-refractivity contribution < 1.29 is 9.66 Å². The van der Waals surface area contributed by atoms with Crippen molar-refractivity contribution in [3.8, 4) is 0 Å². The zero-order valence-electron chi connectivity index (χ0n) is 13.8. The van der Waals surface area contributed by atoms with E-state index in [0.29, 0.717) is 11.5 Å². The van der Waals surface area contributed by atoms with E-state index in [2.05, 4.69) is 17.4 Å². The monoisotopic (exact) mass is 326 g/mol. The van der Waals surface area contributed by atoms with Crippen LogP contribution in [0.3, 0.4) is 0 Å². The largest absolute Gasteiger partial charge is 0.385 e. The molecule has 0 amide bonds. The maximum absolute atomic E-state index is 10.9. The highest BCUT2D eigenvalue weighted by molar-refractivity contribution is 5.53. The zero-order chi connectivity index (χ0) is 16.9. The Morgan fingerprint density at radius 1 is 1.25 bits per heavy atom. The molecule has 1 aliphatic rings. The fraction of sp³-hybridized carbons (Fsp3) is 0.368. The van der Waals surface area contributed by atoms with Crippen molar-refractivity contribution in [1.29, 1.82) is 0 Å². The molecule has 1 N–H and O–H groups in total. The number of rotatable bonds is 5. The van der Waals surface area contributed by atoms with Gasteiger partial charge in [-0.3, -0.25) is 10.1 Å². The number of nitrogens with zero attached hydrogens (tertiary/aromatic N) is 1. The first-order valence-corrected chi connectivity index (χ1v) is 8.30. The SMILES string of the molecule is Cc1cc(NCC2CCCOC2c2ccccc2)ccc1[N+](=O)[O-]. The minimum Gasteiger partial charge on any atom is -0.385 e. The highest BCUT2D eigenvalue weighted by Gasteiger charge is 2.27. The van der Waals surface area contributed by atoms with E-state index in [9.17, 15) is 10.1 Å². The molecule has 1 aliphatic heterocycles. The van der Waals surface area contributed by atoms with Crippen molar-refractivity contribution in [1.82, 2.24) is 0 Å². The number of anilines is 1. The summed E-state index contributed by atoms with van der Waals surface area (Å²) >= 11 is 0. The second-order valence-electron chi connectivity index (χ2n) is 6.24. The van der Waals surface area contributed by atoms with Crippen molar-refractivity contribution in [2.45, 2.75) is 25.9 Å². The number of nitro benzene ring substituents is 1. The highest BCUT2D eigenvalue weighted by Crippen LogP contribution is 2.34. The molecule has 0 aromatic heterocycles. The standard InChI is InChI=1S/C19H22N2O3/c1-14-12-17(9-10-18(14)21(22)23)20-13-16-8-5-11-24-19(16)15-6-3-2-4-7-15/h2-4,6-7,9-10,12,16,19-20H,5,8,11,13H2,1H3. The van der Waals surface area contributed by atoms with Crippen LogP contribution < -0.4 is 5.32 Å². The van der Waals surface area contributed by atoms with Crippen molar-refractivity contribution in [3.63, 3.8) is 0 Å². The van der Waals surface area contributed by atoms with Crippen molar-refractivity contribution in [3.05, 3.63) is 69.8 Å². The summed E-state index contributed by atoms with van der Waals surface area (Å²) in [6, 6.07) is 15.5. The number of hydrogen-bond acceptors (Lipinski definition) is 4. The predicted molar refractivity (Wildman–Crippen MR) is 94.2 cm³/mol. The first-order valence-electron chi connectivity index (χ1n) is 8.30. The molecule has 24 heavy (non-hydrogen) atoms. The van der Waals surface area contributed by atoms with Gasteiger partial charge in [0.05, 0.1) is 11.0 Å². The van der Waals surface area contributed by atoms with Gasteiger partial charge in [-0.25, -0.2) is 0 Å². The van der Waals surface area contributed by atoms with E-state index in [1.54, 1.807) is 19.1 Å². The molecule has 0 radical (unpaired) electrons. The molecule has 0 bridgehead atoms. The quantitative estimate of drug-likeness (QED) is 0.650. The molecule has 0 spiro atoms. The number of aryl methyl sites for hydroxylation is 1. The van der Waals surface area contributed by atoms with Crippen LogP contribution in [0.4, 0.5) is 11.4 Å². The Hall–Kier alpha value is -2.40. The third-order valence-electron chi connectivity index (χ3n) is 4.53. The van der Waals surface area contributed by atoms with Gasteiger partial charge in [-0.05, 0) is 37.5 Å². The van der Waals surface area contributed by atoms with E-state index in [1.165, 1.54) is 5.56 Å². The summed E-state index contributed by atoms with van der Waals surface area (Å²) in [5.74, 6) is 0.386. The van der Waals surface area contributed by atoms with Gasteiger partial charge in [-0.15, -0.1) is 0 Å². The summed E-state index contributed by atoms with van der Waals surface area (Å²) in [5, 5.41) is 14.3. The number of nitrogens with one attached hydrogen (secondary N) is 1. The maximum Gasteiger partial charge on any atom is 0.272 e. The van der Waals surface area contributed by atoms with Gasteiger partial charge in [0.15, 0.2) is 0 Å². The van der Waals surface area contributed by atoms with E-state index in [1.807, 2.05) is 24.3 Å². The van der Waals surface area contributed by atoms with E-state index < -0.39 is 0 Å². The molecule has 1 heterocycles. The maximum atomic E-state index is 10.9. The third-order valence-corrected chi connectivity index (χ3v) is 4.53. The second-order valence-corrected chi connectivity index (χ2v) is 6.24. The van der Waals surface area contributed by atoms with Gasteiger partial charge < -0.3 is 10.1 Å². The van der Waals surface area contributed by atoms with Crippen molar-refractivity contribution in [2.24, 2.45) is 5.92 Å². The van der Waals surface area contributed by atoms with Crippen molar-refractivity contribution in [2.75, 3.05) is 18.5 Å². The molecule has 5 nitrogen and oxygen atoms in total. The molecule has 2 atom stereocenters. The Morgan fingerprint density at radius 2 is 2.04 bits per heavy atom. The van der Waals surface area contributed by atoms with Crippen LogP contribution in [0.2, 0.25) is 0 Å². The molecule has 5 heteroatoms. The molecule has 3 rings (SSSR count). The minimum absolute atomic E-state index is 0.103. The van der Waals surface area contributed by atoms with E-state index in [0.717, 1.165) is 31.7 Å². The second kappa shape index (κ2) is 7.45. The molecule has 0 saturated carbocycles. The van der Waals surface area contributed by atoms with E-state index >= 15 is 0 Å². The lowest BCUT2D eigenvalue weighted by molar-refractivity contribution is -0.385. The Kier molecular flexibility index (Phi) is 5.11. The van der Waals surface area contributed by atoms with E-state index in [4.69, 9.17) is 4.74 Å². The van der Waals surface area contributed by atoms with Crippen LogP contribution in [-0.4, -0.2) is 18.1 Å². The Bertz CT molecular complexity index is 703. The van der Waals surface area contributed by atoms with Crippen LogP contribution >= 0.6 is 0 Å². The number of ether oxygens (including phenoxy) is 1. The Balaban J connectivity index is 1.68. The van der Waals surface area contributed by atoms with Gasteiger partial charge in [0.2, 0.25) is 0 Å². The summed E-state index contributed by atoms with van der Waals surface area (Å²) in [7, 11) is 0. The minimum atomic E-state index is -0.348. The van der Waals surface area contributed by atoms with Crippen LogP contribution in [0.5, 0.6) is 0 Å². The van der Waals surface area contributed by atoms with Crippen molar-refractivity contribution >= 4 is 11.4 Å². The Morgan fingerprint density at radius 3 is 2.75 bits per heavy atom. The van der Waals surface area contributed by atoms with E-state index in [-0.39, 0.29) is 16.7 Å². The van der Waals surface area contributed by atoms with Crippen LogP contribution in [0.25, 0.3) is 0 Å². The fourth-order valence-corrected chi connectivity index (χ4v) is 3.28. The highest BCUT2D eigenvalue weighted by atomic mass is 16.6. The Labute approximate surface area is 141 Å². The summed E-state index contributed by atoms with van der Waals surface area (Å²) in [6.07, 6.45) is 2.28.